The zero-order chi connectivity index (χ0) is 24.2. The molecule has 0 amide bonds. The molecule has 0 atom stereocenters. The smallest absolute Gasteiger partial charge is 0.350 e. The quantitative estimate of drug-likeness (QED) is 0.210. The van der Waals surface area contributed by atoms with E-state index in [1.165, 1.54) is 39.3 Å². The molecule has 1 saturated heterocycles. The van der Waals surface area contributed by atoms with Gasteiger partial charge in [-0.15, -0.1) is 0 Å². The van der Waals surface area contributed by atoms with Crippen LogP contribution in [0.4, 0.5) is 17.1 Å². The molecule has 0 bridgehead atoms. The Balaban J connectivity index is 1.66. The monoisotopic (exact) mass is 455 g/mol. The Morgan fingerprint density at radius 3 is 2.33 bits per heavy atom. The molecule has 1 aliphatic heterocycles. The Morgan fingerprint density at radius 1 is 1.12 bits per heavy atom. The molecule has 1 heterocycles. The summed E-state index contributed by atoms with van der Waals surface area (Å²) in [5, 5.41) is 16.9. The molecule has 172 valence electrons. The first kappa shape index (κ1) is 23.3. The zero-order valence-corrected chi connectivity index (χ0v) is 18.0. The van der Waals surface area contributed by atoms with E-state index in [1.54, 1.807) is 24.3 Å². The van der Waals surface area contributed by atoms with E-state index in [-0.39, 0.29) is 16.8 Å². The molecule has 3 rings (SSSR count). The molecule has 11 nitrogen and oxygen atoms in total. The van der Waals surface area contributed by atoms with Gasteiger partial charge in [0.1, 0.15) is 0 Å². The molecule has 0 aromatic heterocycles. The van der Waals surface area contributed by atoms with Crippen molar-refractivity contribution in [1.29, 1.82) is 0 Å². The van der Waals surface area contributed by atoms with Crippen LogP contribution in [0, 0.1) is 10.1 Å². The van der Waals surface area contributed by atoms with E-state index in [9.17, 15) is 24.5 Å². The third-order valence-electron chi connectivity index (χ3n) is 4.56. The number of nitro benzene ring substituents is 1. The van der Waals surface area contributed by atoms with Gasteiger partial charge >= 0.3 is 17.9 Å². The second kappa shape index (κ2) is 9.39. The summed E-state index contributed by atoms with van der Waals surface area (Å²) in [7, 11) is 1.19. The normalized spacial score (nSPS) is 14.6. The number of nitrogens with one attached hydrogen (secondary N) is 2. The minimum Gasteiger partial charge on any atom is -0.465 e. The molecule has 2 aromatic carbocycles. The number of methoxy groups -OCH3 is 1. The number of esters is 3. The molecule has 0 aliphatic carbocycles. The van der Waals surface area contributed by atoms with E-state index < -0.39 is 28.6 Å². The lowest BCUT2D eigenvalue weighted by Crippen LogP contribution is -2.42. The molecule has 1 aliphatic rings. The van der Waals surface area contributed by atoms with Gasteiger partial charge < -0.3 is 24.8 Å². The largest absolute Gasteiger partial charge is 0.465 e. The van der Waals surface area contributed by atoms with Gasteiger partial charge in [-0.05, 0) is 23.8 Å². The highest BCUT2D eigenvalue weighted by molar-refractivity contribution is 6.15. The summed E-state index contributed by atoms with van der Waals surface area (Å²) in [5.41, 5.74) is 1.39. The summed E-state index contributed by atoms with van der Waals surface area (Å²) in [5.74, 6) is -3.57. The van der Waals surface area contributed by atoms with Crippen LogP contribution < -0.4 is 10.6 Å². The predicted molar refractivity (Wildman–Crippen MR) is 116 cm³/mol. The van der Waals surface area contributed by atoms with Crippen molar-refractivity contribution in [1.82, 2.24) is 0 Å². The van der Waals surface area contributed by atoms with Crippen molar-refractivity contribution >= 4 is 35.0 Å². The summed E-state index contributed by atoms with van der Waals surface area (Å²) >= 11 is 0. The molecule has 0 saturated carbocycles. The van der Waals surface area contributed by atoms with Crippen LogP contribution in [0.15, 0.2) is 54.2 Å². The van der Waals surface area contributed by atoms with E-state index >= 15 is 0 Å². The Kier molecular flexibility index (Phi) is 6.61. The van der Waals surface area contributed by atoms with Gasteiger partial charge in [-0.1, -0.05) is 12.1 Å². The summed E-state index contributed by atoms with van der Waals surface area (Å²) in [6, 6.07) is 10.9. The Bertz CT molecular complexity index is 1120. The number of hydrogen-bond acceptors (Lipinski definition) is 10. The van der Waals surface area contributed by atoms with Gasteiger partial charge in [-0.2, -0.15) is 0 Å². The summed E-state index contributed by atoms with van der Waals surface area (Å²) in [4.78, 5) is 46.3. The second-order valence-corrected chi connectivity index (χ2v) is 7.41. The fourth-order valence-electron chi connectivity index (χ4n) is 2.93. The number of nitrogens with zero attached hydrogens (tertiary/aromatic N) is 1. The lowest BCUT2D eigenvalue weighted by atomic mass is 10.1. The molecule has 0 radical (unpaired) electrons. The maximum atomic E-state index is 12.0. The number of hydrogen-bond donors (Lipinski definition) is 2. The first-order valence-electron chi connectivity index (χ1n) is 9.72. The Morgan fingerprint density at radius 2 is 1.76 bits per heavy atom. The maximum absolute atomic E-state index is 12.0. The highest BCUT2D eigenvalue weighted by Gasteiger charge is 2.38. The number of cyclic esters (lactones) is 2. The van der Waals surface area contributed by atoms with E-state index in [1.807, 2.05) is 0 Å². The lowest BCUT2D eigenvalue weighted by molar-refractivity contribution is -0.384. The first-order valence-corrected chi connectivity index (χ1v) is 9.72. The Labute approximate surface area is 188 Å². The van der Waals surface area contributed by atoms with Crippen LogP contribution in [0.5, 0.6) is 0 Å². The van der Waals surface area contributed by atoms with Crippen molar-refractivity contribution in [3.8, 4) is 0 Å². The third-order valence-corrected chi connectivity index (χ3v) is 4.56. The van der Waals surface area contributed by atoms with Crippen molar-refractivity contribution in [3.05, 3.63) is 75.5 Å². The number of carbonyl (C=O) groups is 3. The summed E-state index contributed by atoms with van der Waals surface area (Å²) < 4.78 is 14.8. The van der Waals surface area contributed by atoms with Gasteiger partial charge in [0, 0.05) is 50.1 Å². The molecule has 2 aromatic rings. The number of anilines is 2. The van der Waals surface area contributed by atoms with Gasteiger partial charge in [0.2, 0.25) is 0 Å². The molecule has 0 spiro atoms. The van der Waals surface area contributed by atoms with Crippen molar-refractivity contribution in [2.45, 2.75) is 26.2 Å². The van der Waals surface area contributed by atoms with Crippen LogP contribution in [0.3, 0.4) is 0 Å². The van der Waals surface area contributed by atoms with Gasteiger partial charge in [0.15, 0.2) is 5.57 Å². The highest BCUT2D eigenvalue weighted by Crippen LogP contribution is 2.25. The maximum Gasteiger partial charge on any atom is 0.350 e. The van der Waals surface area contributed by atoms with Gasteiger partial charge in [0.25, 0.3) is 11.5 Å². The van der Waals surface area contributed by atoms with Crippen molar-refractivity contribution in [2.24, 2.45) is 0 Å². The molecule has 11 heteroatoms. The number of carbonyl (C=O) groups excluding carboxylic acids is 3. The van der Waals surface area contributed by atoms with E-state index in [4.69, 9.17) is 14.2 Å². The van der Waals surface area contributed by atoms with Crippen LogP contribution in [0.2, 0.25) is 0 Å². The topological polar surface area (TPSA) is 146 Å². The lowest BCUT2D eigenvalue weighted by Gasteiger charge is -2.29. The van der Waals surface area contributed by atoms with E-state index in [0.717, 1.165) is 11.6 Å². The molecule has 33 heavy (non-hydrogen) atoms. The summed E-state index contributed by atoms with van der Waals surface area (Å²) in [6.07, 6.45) is 1.21. The second-order valence-electron chi connectivity index (χ2n) is 7.41. The van der Waals surface area contributed by atoms with E-state index in [2.05, 4.69) is 10.6 Å². The minimum absolute atomic E-state index is 0.0473. The zero-order valence-electron chi connectivity index (χ0n) is 18.0. The molecular weight excluding hydrogens is 434 g/mol. The fourth-order valence-corrected chi connectivity index (χ4v) is 2.93. The van der Waals surface area contributed by atoms with Crippen LogP contribution >= 0.6 is 0 Å². The van der Waals surface area contributed by atoms with Gasteiger partial charge in [-0.25, -0.2) is 14.4 Å². The van der Waals surface area contributed by atoms with Crippen molar-refractivity contribution in [3.63, 3.8) is 0 Å². The third kappa shape index (κ3) is 5.64. The number of benzene rings is 2. The van der Waals surface area contributed by atoms with Gasteiger partial charge in [-0.3, -0.25) is 10.1 Å². The minimum atomic E-state index is -1.31. The van der Waals surface area contributed by atoms with Crippen molar-refractivity contribution in [2.75, 3.05) is 17.7 Å². The molecule has 0 unspecified atom stereocenters. The van der Waals surface area contributed by atoms with Crippen LogP contribution in [-0.2, 0) is 30.3 Å². The standard InChI is InChI=1S/C22H21N3O8/c1-22(2)32-20(27)17(21(28)33-22)12-23-14-6-4-13(5-7-14)11-24-18-9-8-15(25(29)30)10-16(18)19(26)31-3/h4-10,12,23-24H,11H2,1-3H3. The van der Waals surface area contributed by atoms with E-state index in [0.29, 0.717) is 17.9 Å². The summed E-state index contributed by atoms with van der Waals surface area (Å²) in [6.45, 7) is 3.24. The number of rotatable bonds is 7. The fraction of sp³-hybridized carbons (Fsp3) is 0.227. The predicted octanol–water partition coefficient (Wildman–Crippen LogP) is 3.13. The average molecular weight is 455 g/mol. The molecule has 1 fully saturated rings. The highest BCUT2D eigenvalue weighted by atomic mass is 16.7. The van der Waals surface area contributed by atoms with Gasteiger partial charge in [0.05, 0.1) is 17.6 Å². The van der Waals surface area contributed by atoms with Crippen LogP contribution in [-0.4, -0.2) is 35.7 Å². The molecular formula is C22H21N3O8. The Hall–Kier alpha value is -4.41. The van der Waals surface area contributed by atoms with Crippen molar-refractivity contribution < 1.29 is 33.5 Å². The number of ether oxygens (including phenoxy) is 3. The SMILES string of the molecule is COC(=O)c1cc([N+](=O)[O-])ccc1NCc1ccc(NC=C2C(=O)OC(C)(C)OC2=O)cc1. The number of nitro groups is 1. The molecule has 2 N–H and O–H groups in total. The first-order chi connectivity index (χ1) is 15.6. The number of non-ortho nitro benzene ring substituents is 1. The van der Waals surface area contributed by atoms with Crippen LogP contribution in [0.1, 0.15) is 29.8 Å². The average Bonchev–Trinajstić information content (AvgIpc) is 2.76. The van der Waals surface area contributed by atoms with Crippen LogP contribution in [0.25, 0.3) is 0 Å².